The molecule has 0 spiro atoms. The molecule has 7 heteroatoms. The highest BCUT2D eigenvalue weighted by atomic mass is 79.9. The maximum Gasteiger partial charge on any atom is 0.265 e. The van der Waals surface area contributed by atoms with E-state index in [-0.39, 0.29) is 18.0 Å². The van der Waals surface area contributed by atoms with Gasteiger partial charge in [-0.25, -0.2) is 0 Å². The summed E-state index contributed by atoms with van der Waals surface area (Å²) in [4.78, 5) is 23.8. The second-order valence-electron chi connectivity index (χ2n) is 4.00. The zero-order valence-corrected chi connectivity index (χ0v) is 14.0. The van der Waals surface area contributed by atoms with Crippen LogP contribution < -0.4 is 10.9 Å². The molecule has 0 aliphatic rings. The van der Waals surface area contributed by atoms with Crippen molar-refractivity contribution in [2.45, 2.75) is 6.54 Å². The third-order valence-electron chi connectivity index (χ3n) is 2.43. The number of benzene rings is 1. The van der Waals surface area contributed by atoms with Crippen LogP contribution in [0.25, 0.3) is 0 Å². The van der Waals surface area contributed by atoms with Crippen LogP contribution in [-0.2, 0) is 11.3 Å². The molecule has 0 saturated carbocycles. The average molecular weight is 420 g/mol. The smallest absolute Gasteiger partial charge is 0.265 e. The summed E-state index contributed by atoms with van der Waals surface area (Å²) in [7, 11) is 0. The summed E-state index contributed by atoms with van der Waals surface area (Å²) in [5, 5.41) is 3.22. The molecule has 1 heterocycles. The van der Waals surface area contributed by atoms with Crippen LogP contribution >= 0.6 is 43.5 Å². The molecule has 0 saturated heterocycles. The molecule has 4 nitrogen and oxygen atoms in total. The second kappa shape index (κ2) is 6.56. The Balaban J connectivity index is 2.15. The van der Waals surface area contributed by atoms with E-state index >= 15 is 0 Å². The Morgan fingerprint density at radius 1 is 1.30 bits per heavy atom. The number of pyridine rings is 1. The van der Waals surface area contributed by atoms with Crippen molar-refractivity contribution < 1.29 is 4.79 Å². The number of rotatable bonds is 3. The SMILES string of the molecule is O=C(Cn1cc(Br)cc(Br)c1=O)Nc1cccc(Cl)c1. The summed E-state index contributed by atoms with van der Waals surface area (Å²) < 4.78 is 2.41. The molecule has 1 N–H and O–H groups in total. The lowest BCUT2D eigenvalue weighted by molar-refractivity contribution is -0.116. The predicted molar refractivity (Wildman–Crippen MR) is 86.2 cm³/mol. The van der Waals surface area contributed by atoms with Gasteiger partial charge >= 0.3 is 0 Å². The lowest BCUT2D eigenvalue weighted by Crippen LogP contribution is -2.27. The van der Waals surface area contributed by atoms with E-state index in [9.17, 15) is 9.59 Å². The van der Waals surface area contributed by atoms with Gasteiger partial charge in [0.05, 0.1) is 4.47 Å². The van der Waals surface area contributed by atoms with Crippen molar-refractivity contribution in [2.24, 2.45) is 0 Å². The van der Waals surface area contributed by atoms with Crippen molar-refractivity contribution in [3.05, 3.63) is 60.9 Å². The zero-order chi connectivity index (χ0) is 14.7. The molecule has 104 valence electrons. The van der Waals surface area contributed by atoms with Gasteiger partial charge in [-0.3, -0.25) is 9.59 Å². The average Bonchev–Trinajstić information content (AvgIpc) is 2.35. The number of hydrogen-bond acceptors (Lipinski definition) is 2. The van der Waals surface area contributed by atoms with E-state index < -0.39 is 0 Å². The van der Waals surface area contributed by atoms with Crippen LogP contribution in [0.4, 0.5) is 5.69 Å². The molecule has 0 aliphatic heterocycles. The van der Waals surface area contributed by atoms with Crippen LogP contribution in [0.15, 0.2) is 50.3 Å². The lowest BCUT2D eigenvalue weighted by atomic mass is 10.3. The lowest BCUT2D eigenvalue weighted by Gasteiger charge is -2.08. The van der Waals surface area contributed by atoms with Crippen LogP contribution in [0.1, 0.15) is 0 Å². The van der Waals surface area contributed by atoms with E-state index in [1.54, 1.807) is 36.5 Å². The molecule has 0 unspecified atom stereocenters. The van der Waals surface area contributed by atoms with Gasteiger partial charge in [-0.1, -0.05) is 17.7 Å². The van der Waals surface area contributed by atoms with E-state index in [4.69, 9.17) is 11.6 Å². The summed E-state index contributed by atoms with van der Waals surface area (Å²) in [6, 6.07) is 8.45. The summed E-state index contributed by atoms with van der Waals surface area (Å²) in [6.07, 6.45) is 1.56. The molecular formula is C13H9Br2ClN2O2. The quantitative estimate of drug-likeness (QED) is 0.824. The van der Waals surface area contributed by atoms with Gasteiger partial charge in [0.15, 0.2) is 0 Å². The van der Waals surface area contributed by atoms with E-state index in [0.717, 1.165) is 0 Å². The summed E-state index contributed by atoms with van der Waals surface area (Å²) in [6.45, 7) is -0.0800. The predicted octanol–water partition coefficient (Wildman–Crippen LogP) is 3.67. The Morgan fingerprint density at radius 3 is 2.75 bits per heavy atom. The number of carbonyl (C=O) groups excluding carboxylic acids is 1. The monoisotopic (exact) mass is 418 g/mol. The number of amides is 1. The van der Waals surface area contributed by atoms with Crippen molar-refractivity contribution in [3.8, 4) is 0 Å². The molecule has 2 rings (SSSR count). The van der Waals surface area contributed by atoms with Gasteiger partial charge in [0.1, 0.15) is 6.54 Å². The number of carbonyl (C=O) groups is 1. The van der Waals surface area contributed by atoms with Crippen molar-refractivity contribution in [3.63, 3.8) is 0 Å². The van der Waals surface area contributed by atoms with Crippen LogP contribution in [0.2, 0.25) is 5.02 Å². The maximum absolute atomic E-state index is 11.9. The summed E-state index contributed by atoms with van der Waals surface area (Å²) >= 11 is 12.3. The fraction of sp³-hybridized carbons (Fsp3) is 0.0769. The Bertz CT molecular complexity index is 716. The minimum Gasteiger partial charge on any atom is -0.324 e. The van der Waals surface area contributed by atoms with Gasteiger partial charge in [0.2, 0.25) is 5.91 Å². The number of halogens is 3. The largest absolute Gasteiger partial charge is 0.324 e. The first-order valence-corrected chi connectivity index (χ1v) is 7.53. The molecule has 0 atom stereocenters. The third-order valence-corrected chi connectivity index (χ3v) is 3.67. The van der Waals surface area contributed by atoms with E-state index in [1.807, 2.05) is 0 Å². The van der Waals surface area contributed by atoms with Gasteiger partial charge in [-0.15, -0.1) is 0 Å². The molecule has 0 radical (unpaired) electrons. The van der Waals surface area contributed by atoms with Crippen LogP contribution in [0.3, 0.4) is 0 Å². The Kier molecular flexibility index (Phi) is 5.01. The van der Waals surface area contributed by atoms with Gasteiger partial charge < -0.3 is 9.88 Å². The van der Waals surface area contributed by atoms with Crippen LogP contribution in [0, 0.1) is 0 Å². The summed E-state index contributed by atoms with van der Waals surface area (Å²) in [5.41, 5.74) is 0.319. The highest BCUT2D eigenvalue weighted by Gasteiger charge is 2.08. The number of nitrogens with one attached hydrogen (secondary N) is 1. The van der Waals surface area contributed by atoms with Gasteiger partial charge in [-0.2, -0.15) is 0 Å². The maximum atomic E-state index is 11.9. The number of aromatic nitrogens is 1. The second-order valence-corrected chi connectivity index (χ2v) is 6.20. The van der Waals surface area contributed by atoms with E-state index in [0.29, 0.717) is 19.7 Å². The minimum absolute atomic E-state index is 0.0800. The molecule has 0 bridgehead atoms. The molecule has 0 aliphatic carbocycles. The molecule has 2 aromatic rings. The molecular weight excluding hydrogens is 411 g/mol. The van der Waals surface area contributed by atoms with Crippen LogP contribution in [0.5, 0.6) is 0 Å². The highest BCUT2D eigenvalue weighted by molar-refractivity contribution is 9.11. The molecule has 1 aromatic heterocycles. The van der Waals surface area contributed by atoms with Gasteiger partial charge in [-0.05, 0) is 56.1 Å². The van der Waals surface area contributed by atoms with Crippen molar-refractivity contribution in [2.75, 3.05) is 5.32 Å². The van der Waals surface area contributed by atoms with Crippen molar-refractivity contribution >= 4 is 55.1 Å². The highest BCUT2D eigenvalue weighted by Crippen LogP contribution is 2.15. The molecule has 0 fully saturated rings. The van der Waals surface area contributed by atoms with E-state index in [1.165, 1.54) is 4.57 Å². The minimum atomic E-state index is -0.306. The molecule has 20 heavy (non-hydrogen) atoms. The van der Waals surface area contributed by atoms with E-state index in [2.05, 4.69) is 37.2 Å². The summed E-state index contributed by atoms with van der Waals surface area (Å²) in [5.74, 6) is -0.306. The fourth-order valence-electron chi connectivity index (χ4n) is 1.60. The normalized spacial score (nSPS) is 10.3. The molecule has 1 aromatic carbocycles. The Morgan fingerprint density at radius 2 is 2.05 bits per heavy atom. The zero-order valence-electron chi connectivity index (χ0n) is 10.1. The fourth-order valence-corrected chi connectivity index (χ4v) is 3.05. The Labute approximate surface area is 137 Å². The van der Waals surface area contributed by atoms with Gasteiger partial charge in [0, 0.05) is 21.4 Å². The third kappa shape index (κ3) is 3.94. The van der Waals surface area contributed by atoms with Crippen molar-refractivity contribution in [1.29, 1.82) is 0 Å². The first kappa shape index (κ1) is 15.3. The van der Waals surface area contributed by atoms with Gasteiger partial charge in [0.25, 0.3) is 5.56 Å². The number of nitrogens with zero attached hydrogens (tertiary/aromatic N) is 1. The Hall–Kier alpha value is -1.11. The number of anilines is 1. The first-order chi connectivity index (χ1) is 9.45. The molecule has 1 amide bonds. The number of hydrogen-bond donors (Lipinski definition) is 1. The standard InChI is InChI=1S/C13H9Br2ClN2O2/c14-8-4-11(15)13(20)18(6-8)7-12(19)17-10-3-1-2-9(16)5-10/h1-6H,7H2,(H,17,19). The first-order valence-electron chi connectivity index (χ1n) is 5.56. The van der Waals surface area contributed by atoms with Crippen LogP contribution in [-0.4, -0.2) is 10.5 Å². The van der Waals surface area contributed by atoms with Crippen molar-refractivity contribution in [1.82, 2.24) is 4.57 Å². The topological polar surface area (TPSA) is 51.1 Å².